The number of H-pyrrole nitrogens is 1. The molecule has 0 amide bonds. The van der Waals surface area contributed by atoms with E-state index in [1.54, 1.807) is 12.1 Å². The third kappa shape index (κ3) is 1.34. The maximum Gasteiger partial charge on any atom is 0.294 e. The minimum atomic E-state index is -0.416. The van der Waals surface area contributed by atoms with Gasteiger partial charge >= 0.3 is 0 Å². The highest BCUT2D eigenvalue weighted by molar-refractivity contribution is 7.73. The molecule has 0 bridgehead atoms. The Morgan fingerprint density at radius 1 is 1.54 bits per heavy atom. The first kappa shape index (κ1) is 8.33. The van der Waals surface area contributed by atoms with E-state index in [2.05, 4.69) is 4.98 Å². The minimum absolute atomic E-state index is 0.0739. The zero-order valence-electron chi connectivity index (χ0n) is 6.31. The summed E-state index contributed by atoms with van der Waals surface area (Å²) in [5.74, 6) is 0. The summed E-state index contributed by atoms with van der Waals surface area (Å²) in [7, 11) is 0. The van der Waals surface area contributed by atoms with E-state index in [4.69, 9.17) is 12.2 Å². The van der Waals surface area contributed by atoms with Crippen LogP contribution in [0.5, 0.6) is 0 Å². The van der Waals surface area contributed by atoms with E-state index in [0.717, 1.165) is 4.70 Å². The lowest BCUT2D eigenvalue weighted by atomic mass is 10.3. The summed E-state index contributed by atoms with van der Waals surface area (Å²) >= 11 is 6.24. The maximum atomic E-state index is 10.6. The molecule has 0 unspecified atom stereocenters. The van der Waals surface area contributed by atoms with Gasteiger partial charge in [-0.1, -0.05) is 6.07 Å². The smallest absolute Gasteiger partial charge is 0.294 e. The number of nitro benzene ring substituents is 1. The average molecular weight is 212 g/mol. The van der Waals surface area contributed by atoms with Gasteiger partial charge in [0, 0.05) is 6.07 Å². The Balaban J connectivity index is 2.90. The summed E-state index contributed by atoms with van der Waals surface area (Å²) in [5.41, 5.74) is 0.590. The van der Waals surface area contributed by atoms with Gasteiger partial charge in [-0.25, -0.2) is 0 Å². The Bertz CT molecular complexity index is 529. The molecule has 0 aliphatic heterocycles. The fourth-order valence-corrected chi connectivity index (χ4v) is 2.24. The van der Waals surface area contributed by atoms with Gasteiger partial charge in [-0.05, 0) is 18.3 Å². The second kappa shape index (κ2) is 2.90. The van der Waals surface area contributed by atoms with Crippen LogP contribution in [-0.2, 0) is 0 Å². The van der Waals surface area contributed by atoms with Crippen molar-refractivity contribution >= 4 is 39.5 Å². The van der Waals surface area contributed by atoms with Crippen LogP contribution in [0, 0.1) is 14.1 Å². The first-order valence-corrected chi connectivity index (χ1v) is 4.67. The number of nitrogens with zero attached hydrogens (tertiary/aromatic N) is 1. The van der Waals surface area contributed by atoms with Gasteiger partial charge in [-0.15, -0.1) is 11.3 Å². The van der Waals surface area contributed by atoms with E-state index in [1.807, 2.05) is 0 Å². The van der Waals surface area contributed by atoms with Crippen molar-refractivity contribution in [2.45, 2.75) is 0 Å². The van der Waals surface area contributed by atoms with Crippen LogP contribution in [0.4, 0.5) is 5.69 Å². The van der Waals surface area contributed by atoms with Crippen molar-refractivity contribution in [2.24, 2.45) is 0 Å². The molecule has 1 N–H and O–H groups in total. The Morgan fingerprint density at radius 2 is 2.31 bits per heavy atom. The van der Waals surface area contributed by atoms with Gasteiger partial charge in [-0.3, -0.25) is 10.1 Å². The van der Waals surface area contributed by atoms with E-state index in [1.165, 1.54) is 17.4 Å². The van der Waals surface area contributed by atoms with Crippen LogP contribution in [0.3, 0.4) is 0 Å². The molecule has 1 aromatic carbocycles. The molecule has 1 heterocycles. The van der Waals surface area contributed by atoms with Gasteiger partial charge in [-0.2, -0.15) is 0 Å². The Kier molecular flexibility index (Phi) is 1.86. The first-order chi connectivity index (χ1) is 6.18. The number of benzene rings is 1. The molecule has 4 nitrogen and oxygen atoms in total. The normalized spacial score (nSPS) is 10.5. The molecular formula is C7H4N2O2S2. The average Bonchev–Trinajstić information content (AvgIpc) is 2.43. The van der Waals surface area contributed by atoms with E-state index in [0.29, 0.717) is 9.47 Å². The molecule has 2 aromatic rings. The van der Waals surface area contributed by atoms with Crippen molar-refractivity contribution in [3.8, 4) is 0 Å². The van der Waals surface area contributed by atoms with Gasteiger partial charge < -0.3 is 4.98 Å². The molecule has 0 aliphatic rings. The van der Waals surface area contributed by atoms with Gasteiger partial charge in [0.25, 0.3) is 5.69 Å². The van der Waals surface area contributed by atoms with Crippen molar-refractivity contribution in [2.75, 3.05) is 0 Å². The molecule has 0 atom stereocenters. The highest BCUT2D eigenvalue weighted by atomic mass is 32.1. The summed E-state index contributed by atoms with van der Waals surface area (Å²) in [4.78, 5) is 13.0. The van der Waals surface area contributed by atoms with Crippen LogP contribution < -0.4 is 0 Å². The Hall–Kier alpha value is -1.27. The van der Waals surface area contributed by atoms with Crippen LogP contribution in [0.1, 0.15) is 0 Å². The van der Waals surface area contributed by atoms with E-state index >= 15 is 0 Å². The van der Waals surface area contributed by atoms with Crippen molar-refractivity contribution in [1.82, 2.24) is 4.98 Å². The minimum Gasteiger partial charge on any atom is -0.331 e. The number of hydrogen-bond donors (Lipinski definition) is 1. The number of rotatable bonds is 1. The van der Waals surface area contributed by atoms with Crippen LogP contribution >= 0.6 is 23.6 Å². The Labute approximate surface area is 82.0 Å². The van der Waals surface area contributed by atoms with Crippen molar-refractivity contribution in [3.63, 3.8) is 0 Å². The Morgan fingerprint density at radius 3 is 3.00 bits per heavy atom. The molecule has 6 heteroatoms. The molecule has 0 saturated heterocycles. The van der Waals surface area contributed by atoms with Gasteiger partial charge in [0.15, 0.2) is 3.95 Å². The number of non-ortho nitro benzene ring substituents is 1. The lowest BCUT2D eigenvalue weighted by Crippen LogP contribution is -1.88. The second-order valence-corrected chi connectivity index (χ2v) is 4.14. The zero-order valence-corrected chi connectivity index (χ0v) is 7.95. The number of nitro groups is 1. The van der Waals surface area contributed by atoms with Crippen molar-refractivity contribution in [3.05, 3.63) is 32.3 Å². The topological polar surface area (TPSA) is 58.9 Å². The molecule has 13 heavy (non-hydrogen) atoms. The maximum absolute atomic E-state index is 10.6. The molecule has 1 aromatic heterocycles. The summed E-state index contributed by atoms with van der Waals surface area (Å²) in [6.07, 6.45) is 0. The molecular weight excluding hydrogens is 208 g/mol. The first-order valence-electron chi connectivity index (χ1n) is 3.45. The lowest BCUT2D eigenvalue weighted by molar-refractivity contribution is -0.383. The highest BCUT2D eigenvalue weighted by Gasteiger charge is 2.12. The zero-order chi connectivity index (χ0) is 9.42. The number of para-hydroxylation sites is 1. The molecule has 0 radical (unpaired) electrons. The monoisotopic (exact) mass is 212 g/mol. The quantitative estimate of drug-likeness (QED) is 0.449. The van der Waals surface area contributed by atoms with Crippen LogP contribution in [0.25, 0.3) is 10.2 Å². The summed E-state index contributed by atoms with van der Waals surface area (Å²) in [6.45, 7) is 0. The predicted octanol–water partition coefficient (Wildman–Crippen LogP) is 2.87. The van der Waals surface area contributed by atoms with E-state index in [9.17, 15) is 10.1 Å². The second-order valence-electron chi connectivity index (χ2n) is 2.42. The van der Waals surface area contributed by atoms with E-state index in [-0.39, 0.29) is 5.69 Å². The van der Waals surface area contributed by atoms with Gasteiger partial charge in [0.1, 0.15) is 5.52 Å². The third-order valence-electron chi connectivity index (χ3n) is 1.63. The third-order valence-corrected chi connectivity index (χ3v) is 2.83. The fourth-order valence-electron chi connectivity index (χ4n) is 1.11. The number of thiazole rings is 1. The molecule has 0 aliphatic carbocycles. The van der Waals surface area contributed by atoms with Gasteiger partial charge in [0.05, 0.1) is 9.62 Å². The van der Waals surface area contributed by atoms with Crippen molar-refractivity contribution < 1.29 is 4.92 Å². The summed E-state index contributed by atoms with van der Waals surface area (Å²) in [6, 6.07) is 4.92. The molecule has 0 spiro atoms. The number of aromatic nitrogens is 1. The molecule has 0 saturated carbocycles. The van der Waals surface area contributed by atoms with Crippen LogP contribution in [0.15, 0.2) is 18.2 Å². The molecule has 0 fully saturated rings. The van der Waals surface area contributed by atoms with Crippen LogP contribution in [0.2, 0.25) is 0 Å². The van der Waals surface area contributed by atoms with Gasteiger partial charge in [0.2, 0.25) is 0 Å². The van der Waals surface area contributed by atoms with Crippen LogP contribution in [-0.4, -0.2) is 9.91 Å². The standard InChI is InChI=1S/C7H4N2O2S2/c10-9(11)4-2-1-3-5-6(4)8-7(12)13-5/h1-3H,(H,8,12). The summed E-state index contributed by atoms with van der Waals surface area (Å²) < 4.78 is 1.38. The highest BCUT2D eigenvalue weighted by Crippen LogP contribution is 2.27. The number of hydrogen-bond acceptors (Lipinski definition) is 4. The fraction of sp³-hybridized carbons (Fsp3) is 0. The molecule has 66 valence electrons. The SMILES string of the molecule is O=[N+]([O-])c1cccc2sc(=S)[nH]c12. The van der Waals surface area contributed by atoms with Crippen molar-refractivity contribution in [1.29, 1.82) is 0 Å². The largest absolute Gasteiger partial charge is 0.331 e. The summed E-state index contributed by atoms with van der Waals surface area (Å²) in [5, 5.41) is 10.6. The number of aromatic amines is 1. The lowest BCUT2D eigenvalue weighted by Gasteiger charge is -1.90. The number of fused-ring (bicyclic) bond motifs is 1. The molecule has 2 rings (SSSR count). The number of nitrogens with one attached hydrogen (secondary N) is 1. The predicted molar refractivity (Wildman–Crippen MR) is 53.7 cm³/mol. The van der Waals surface area contributed by atoms with E-state index < -0.39 is 4.92 Å².